The van der Waals surface area contributed by atoms with E-state index in [0.717, 1.165) is 85.3 Å². The summed E-state index contributed by atoms with van der Waals surface area (Å²) in [5, 5.41) is 21.4. The Bertz CT molecular complexity index is 1700. The van der Waals surface area contributed by atoms with Crippen LogP contribution >= 0.6 is 0 Å². The molecule has 2 fully saturated rings. The minimum Gasteiger partial charge on any atom is -0.386 e. The maximum absolute atomic E-state index is 13.5. The standard InChI is InChI=1S/C35H47N9O3S/c1-25(2)38-29-13-18-43(19-14-29)48(47)30-9-7-28(23-36)32(22-30)40(4)24-42-16-11-26(12-17-42)27-8-10-31-33(21-27)41(5)39-34(31)44(15-6-20-45)35(46)37-3/h7-10,20-22,26,29,38H,1,6,11-19,24H2,2-5H3,(H,37,46). The largest absolute Gasteiger partial charge is 0.386 e. The Kier molecular flexibility index (Phi) is 11.5. The Hall–Kier alpha value is -4.25. The molecule has 0 spiro atoms. The second-order valence-electron chi connectivity index (χ2n) is 12.8. The Labute approximate surface area is 285 Å². The van der Waals surface area contributed by atoms with Gasteiger partial charge < -0.3 is 20.3 Å². The van der Waals surface area contributed by atoms with Crippen molar-refractivity contribution in [1.29, 1.82) is 5.26 Å². The van der Waals surface area contributed by atoms with Gasteiger partial charge in [0.1, 0.15) is 23.3 Å². The van der Waals surface area contributed by atoms with Crippen LogP contribution in [-0.2, 0) is 22.8 Å². The molecule has 0 saturated carbocycles. The smallest absolute Gasteiger partial charge is 0.322 e. The highest BCUT2D eigenvalue weighted by Gasteiger charge is 2.27. The zero-order valence-corrected chi connectivity index (χ0v) is 29.3. The summed E-state index contributed by atoms with van der Waals surface area (Å²) in [6.07, 6.45) is 4.83. The number of anilines is 2. The highest BCUT2D eigenvalue weighted by atomic mass is 32.2. The number of amides is 2. The van der Waals surface area contributed by atoms with Crippen molar-refractivity contribution in [3.63, 3.8) is 0 Å². The number of aryl methyl sites for hydroxylation is 1. The quantitative estimate of drug-likeness (QED) is 0.276. The summed E-state index contributed by atoms with van der Waals surface area (Å²) in [4.78, 5) is 30.3. The summed E-state index contributed by atoms with van der Waals surface area (Å²) in [6.45, 7) is 10.1. The fourth-order valence-corrected chi connectivity index (χ4v) is 8.04. The van der Waals surface area contributed by atoms with Gasteiger partial charge in [0.15, 0.2) is 5.82 Å². The molecule has 2 aliphatic rings. The fourth-order valence-electron chi connectivity index (χ4n) is 6.81. The van der Waals surface area contributed by atoms with E-state index in [9.17, 15) is 19.1 Å². The summed E-state index contributed by atoms with van der Waals surface area (Å²) in [6, 6.07) is 14.2. The monoisotopic (exact) mass is 673 g/mol. The van der Waals surface area contributed by atoms with Gasteiger partial charge in [-0.15, -0.1) is 0 Å². The Morgan fingerprint density at radius 3 is 2.52 bits per heavy atom. The topological polar surface area (TPSA) is 130 Å². The van der Waals surface area contributed by atoms with E-state index in [2.05, 4.69) is 50.3 Å². The second kappa shape index (κ2) is 15.8. The van der Waals surface area contributed by atoms with Crippen molar-refractivity contribution in [2.45, 2.75) is 55.9 Å². The second-order valence-corrected chi connectivity index (χ2v) is 14.3. The van der Waals surface area contributed by atoms with Gasteiger partial charge in [-0.05, 0) is 74.4 Å². The van der Waals surface area contributed by atoms with Crippen molar-refractivity contribution in [3.8, 4) is 6.07 Å². The first kappa shape index (κ1) is 35.1. The van der Waals surface area contributed by atoms with Crippen LogP contribution in [-0.4, -0.2) is 95.0 Å². The molecular formula is C35H47N9O3S. The summed E-state index contributed by atoms with van der Waals surface area (Å²) >= 11 is 0. The number of fused-ring (bicyclic) bond motifs is 1. The lowest BCUT2D eigenvalue weighted by atomic mass is 9.89. The van der Waals surface area contributed by atoms with E-state index in [1.54, 1.807) is 17.8 Å². The SMILES string of the molecule is C=C(C)NC1CCN(S(=O)c2ccc(C#N)c(N(C)CN3CCC(c4ccc5c(N(CCC=O)C(=O)NC)nn(C)c5c4)CC3)c2)CC1. The molecule has 2 aliphatic heterocycles. The van der Waals surface area contributed by atoms with Crippen molar-refractivity contribution in [2.75, 3.05) is 63.3 Å². The number of nitrogens with zero attached hydrogens (tertiary/aromatic N) is 7. The lowest BCUT2D eigenvalue weighted by molar-refractivity contribution is -0.107. The minimum absolute atomic E-state index is 0.230. The number of nitrogens with one attached hydrogen (secondary N) is 2. The summed E-state index contributed by atoms with van der Waals surface area (Å²) in [7, 11) is 4.15. The predicted octanol–water partition coefficient (Wildman–Crippen LogP) is 4.06. The van der Waals surface area contributed by atoms with Crippen molar-refractivity contribution >= 4 is 45.7 Å². The highest BCUT2D eigenvalue weighted by molar-refractivity contribution is 7.82. The van der Waals surface area contributed by atoms with Gasteiger partial charge in [0, 0.05) is 77.4 Å². The molecule has 2 amide bonds. The number of carbonyl (C=O) groups excluding carboxylic acids is 2. The number of hydrogen-bond acceptors (Lipinski definition) is 8. The molecular weight excluding hydrogens is 627 g/mol. The van der Waals surface area contributed by atoms with E-state index in [1.165, 1.54) is 10.5 Å². The zero-order valence-electron chi connectivity index (χ0n) is 28.4. The highest BCUT2D eigenvalue weighted by Crippen LogP contribution is 2.34. The van der Waals surface area contributed by atoms with Crippen LogP contribution in [0.15, 0.2) is 53.6 Å². The molecule has 1 unspecified atom stereocenters. The molecule has 48 heavy (non-hydrogen) atoms. The van der Waals surface area contributed by atoms with Crippen LogP contribution < -0.4 is 20.4 Å². The van der Waals surface area contributed by atoms with Crippen LogP contribution in [0.25, 0.3) is 10.9 Å². The molecule has 2 N–H and O–H groups in total. The van der Waals surface area contributed by atoms with Gasteiger partial charge >= 0.3 is 6.03 Å². The van der Waals surface area contributed by atoms with E-state index < -0.39 is 11.0 Å². The maximum Gasteiger partial charge on any atom is 0.322 e. The van der Waals surface area contributed by atoms with Gasteiger partial charge in [-0.1, -0.05) is 12.6 Å². The van der Waals surface area contributed by atoms with Crippen LogP contribution in [0.3, 0.4) is 0 Å². The van der Waals surface area contributed by atoms with Crippen LogP contribution in [0.5, 0.6) is 0 Å². The van der Waals surface area contributed by atoms with E-state index in [-0.39, 0.29) is 19.0 Å². The summed E-state index contributed by atoms with van der Waals surface area (Å²) in [5.74, 6) is 0.928. The molecule has 0 radical (unpaired) electrons. The number of rotatable bonds is 12. The molecule has 12 nitrogen and oxygen atoms in total. The maximum atomic E-state index is 13.5. The number of aldehydes is 1. The Balaban J connectivity index is 1.22. The summed E-state index contributed by atoms with van der Waals surface area (Å²) < 4.78 is 17.3. The first-order chi connectivity index (χ1) is 23.1. The predicted molar refractivity (Wildman–Crippen MR) is 190 cm³/mol. The number of nitriles is 1. The number of carbonyl (C=O) groups is 2. The first-order valence-electron chi connectivity index (χ1n) is 16.6. The first-order valence-corrected chi connectivity index (χ1v) is 17.7. The lowest BCUT2D eigenvalue weighted by Gasteiger charge is -2.36. The van der Waals surface area contributed by atoms with Crippen molar-refractivity contribution in [3.05, 3.63) is 59.8 Å². The van der Waals surface area contributed by atoms with Gasteiger partial charge in [0.2, 0.25) is 0 Å². The van der Waals surface area contributed by atoms with Crippen molar-refractivity contribution in [1.82, 2.24) is 29.6 Å². The molecule has 5 rings (SSSR count). The third-order valence-electron chi connectivity index (χ3n) is 9.35. The number of benzene rings is 2. The number of allylic oxidation sites excluding steroid dienone is 1. The number of aromatic nitrogens is 2. The van der Waals surface area contributed by atoms with Crippen LogP contribution in [0, 0.1) is 11.3 Å². The van der Waals surface area contributed by atoms with Gasteiger partial charge in [0.05, 0.1) is 28.3 Å². The average molecular weight is 674 g/mol. The number of urea groups is 1. The number of hydrogen-bond donors (Lipinski definition) is 2. The normalized spacial score (nSPS) is 17.1. The average Bonchev–Trinajstić information content (AvgIpc) is 3.42. The van der Waals surface area contributed by atoms with E-state index in [0.29, 0.717) is 30.0 Å². The number of piperidine rings is 2. The van der Waals surface area contributed by atoms with Gasteiger partial charge in [-0.3, -0.25) is 14.5 Å². The van der Waals surface area contributed by atoms with Crippen LogP contribution in [0.1, 0.15) is 56.1 Å². The molecule has 1 aromatic heterocycles. The van der Waals surface area contributed by atoms with Crippen LogP contribution in [0.4, 0.5) is 16.3 Å². The third-order valence-corrected chi connectivity index (χ3v) is 10.8. The molecule has 2 saturated heterocycles. The molecule has 3 aromatic rings. The molecule has 1 atom stereocenters. The third kappa shape index (κ3) is 7.89. The molecule has 3 heterocycles. The molecule has 256 valence electrons. The van der Waals surface area contributed by atoms with Crippen LogP contribution in [0.2, 0.25) is 0 Å². The number of likely N-dealkylation sites (tertiary alicyclic amines) is 1. The van der Waals surface area contributed by atoms with Gasteiger partial charge in [-0.2, -0.15) is 10.4 Å². The molecule has 0 bridgehead atoms. The molecule has 2 aromatic carbocycles. The van der Waals surface area contributed by atoms with E-state index >= 15 is 0 Å². The van der Waals surface area contributed by atoms with Gasteiger partial charge in [-0.25, -0.2) is 13.3 Å². The lowest BCUT2D eigenvalue weighted by Crippen LogP contribution is -2.42. The van der Waals surface area contributed by atoms with E-state index in [4.69, 9.17) is 0 Å². The zero-order chi connectivity index (χ0) is 34.4. The Morgan fingerprint density at radius 2 is 1.88 bits per heavy atom. The minimum atomic E-state index is -1.29. The summed E-state index contributed by atoms with van der Waals surface area (Å²) in [5.41, 5.74) is 4.51. The van der Waals surface area contributed by atoms with Gasteiger partial charge in [0.25, 0.3) is 0 Å². The fraction of sp³-hybridized carbons (Fsp3) is 0.486. The molecule has 13 heteroatoms. The van der Waals surface area contributed by atoms with Crippen molar-refractivity contribution in [2.24, 2.45) is 7.05 Å². The van der Waals surface area contributed by atoms with E-state index in [1.807, 2.05) is 43.5 Å². The Morgan fingerprint density at radius 1 is 1.15 bits per heavy atom. The van der Waals surface area contributed by atoms with Crippen molar-refractivity contribution < 1.29 is 13.8 Å². The molecule has 0 aliphatic carbocycles.